The van der Waals surface area contributed by atoms with E-state index in [1.807, 2.05) is 72.8 Å². The minimum absolute atomic E-state index is 0.121. The summed E-state index contributed by atoms with van der Waals surface area (Å²) in [6.45, 7) is 0.414. The quantitative estimate of drug-likeness (QED) is 0.419. The van der Waals surface area contributed by atoms with Gasteiger partial charge in [0.1, 0.15) is 12.4 Å². The summed E-state index contributed by atoms with van der Waals surface area (Å²) >= 11 is 0. The van der Waals surface area contributed by atoms with Crippen LogP contribution in [0.1, 0.15) is 16.8 Å². The van der Waals surface area contributed by atoms with Crippen LogP contribution in [0.25, 0.3) is 22.6 Å². The highest BCUT2D eigenvalue weighted by Gasteiger charge is 2.12. The Kier molecular flexibility index (Phi) is 6.84. The smallest absolute Gasteiger partial charge is 0.251 e. The van der Waals surface area contributed by atoms with E-state index in [0.717, 1.165) is 27.7 Å². The lowest BCUT2D eigenvalue weighted by atomic mass is 10.0. The fourth-order valence-electron chi connectivity index (χ4n) is 3.25. The predicted molar refractivity (Wildman–Crippen MR) is 125 cm³/mol. The molecular weight excluding hydrogens is 402 g/mol. The molecule has 0 saturated heterocycles. The standard InChI is InChI=1S/C26H23N3O3/c30-16-15-28-26(31)24(17-19-11-13-27-14-12-19)20-6-9-23(10-7-20)32-18-22-8-5-21-3-1-2-4-25(21)29-22/h1-14,17,30H,15-16,18H2,(H,28,31)/b24-17+. The summed E-state index contributed by atoms with van der Waals surface area (Å²) in [4.78, 5) is 21.3. The number of carbonyl (C=O) groups is 1. The molecule has 6 nitrogen and oxygen atoms in total. The lowest BCUT2D eigenvalue weighted by molar-refractivity contribution is -0.115. The van der Waals surface area contributed by atoms with E-state index < -0.39 is 0 Å². The number of nitrogens with one attached hydrogen (secondary N) is 1. The summed E-state index contributed by atoms with van der Waals surface area (Å²) in [6, 6.07) is 22.9. The van der Waals surface area contributed by atoms with E-state index >= 15 is 0 Å². The first-order valence-electron chi connectivity index (χ1n) is 10.3. The van der Waals surface area contributed by atoms with E-state index in [1.54, 1.807) is 18.5 Å². The van der Waals surface area contributed by atoms with Gasteiger partial charge in [0.15, 0.2) is 0 Å². The van der Waals surface area contributed by atoms with Gasteiger partial charge in [-0.25, -0.2) is 4.98 Å². The van der Waals surface area contributed by atoms with Crippen LogP contribution in [0.3, 0.4) is 0 Å². The zero-order valence-corrected chi connectivity index (χ0v) is 17.4. The predicted octanol–water partition coefficient (Wildman–Crippen LogP) is 3.86. The van der Waals surface area contributed by atoms with Crippen molar-refractivity contribution in [3.8, 4) is 5.75 Å². The highest BCUT2D eigenvalue weighted by molar-refractivity contribution is 6.24. The molecule has 4 rings (SSSR count). The number of aliphatic hydroxyl groups excluding tert-OH is 1. The van der Waals surface area contributed by atoms with Gasteiger partial charge in [-0.1, -0.05) is 36.4 Å². The van der Waals surface area contributed by atoms with Crippen molar-refractivity contribution in [2.45, 2.75) is 6.61 Å². The molecule has 0 fully saturated rings. The van der Waals surface area contributed by atoms with Crippen LogP contribution in [-0.2, 0) is 11.4 Å². The van der Waals surface area contributed by atoms with Gasteiger partial charge in [-0.2, -0.15) is 0 Å². The Labute approximate surface area is 186 Å². The molecule has 2 heterocycles. The van der Waals surface area contributed by atoms with Crippen LogP contribution in [0, 0.1) is 0 Å². The Morgan fingerprint density at radius 2 is 1.75 bits per heavy atom. The molecule has 0 spiro atoms. The number of hydrogen-bond acceptors (Lipinski definition) is 5. The molecule has 0 aliphatic carbocycles. The number of hydrogen-bond donors (Lipinski definition) is 2. The number of fused-ring (bicyclic) bond motifs is 1. The van der Waals surface area contributed by atoms with Gasteiger partial charge in [0.25, 0.3) is 5.91 Å². The van der Waals surface area contributed by atoms with Crippen molar-refractivity contribution in [1.29, 1.82) is 0 Å². The minimum Gasteiger partial charge on any atom is -0.487 e. The monoisotopic (exact) mass is 425 g/mol. The third-order valence-electron chi connectivity index (χ3n) is 4.87. The highest BCUT2D eigenvalue weighted by Crippen LogP contribution is 2.22. The normalized spacial score (nSPS) is 11.3. The molecule has 2 aromatic heterocycles. The van der Waals surface area contributed by atoms with E-state index in [9.17, 15) is 4.79 Å². The maximum atomic E-state index is 12.7. The van der Waals surface area contributed by atoms with Crippen LogP contribution < -0.4 is 10.1 Å². The maximum Gasteiger partial charge on any atom is 0.251 e. The Morgan fingerprint density at radius 1 is 0.969 bits per heavy atom. The molecule has 1 amide bonds. The van der Waals surface area contributed by atoms with E-state index in [1.165, 1.54) is 0 Å². The molecule has 32 heavy (non-hydrogen) atoms. The van der Waals surface area contributed by atoms with Crippen molar-refractivity contribution in [2.75, 3.05) is 13.2 Å². The number of aliphatic hydroxyl groups is 1. The van der Waals surface area contributed by atoms with Crippen LogP contribution in [0.4, 0.5) is 0 Å². The number of benzene rings is 2. The molecule has 4 aromatic rings. The number of aromatic nitrogens is 2. The largest absolute Gasteiger partial charge is 0.487 e. The summed E-state index contributed by atoms with van der Waals surface area (Å²) in [5.74, 6) is 0.424. The zero-order valence-electron chi connectivity index (χ0n) is 17.4. The van der Waals surface area contributed by atoms with Gasteiger partial charge in [-0.15, -0.1) is 0 Å². The summed E-state index contributed by atoms with van der Waals surface area (Å²) in [5.41, 5.74) is 3.87. The third kappa shape index (κ3) is 5.36. The molecule has 0 saturated carbocycles. The lowest BCUT2D eigenvalue weighted by Crippen LogP contribution is -2.27. The van der Waals surface area contributed by atoms with Crippen molar-refractivity contribution in [3.63, 3.8) is 0 Å². The van der Waals surface area contributed by atoms with Crippen LogP contribution in [-0.4, -0.2) is 34.1 Å². The van der Waals surface area contributed by atoms with Crippen molar-refractivity contribution in [1.82, 2.24) is 15.3 Å². The maximum absolute atomic E-state index is 12.7. The van der Waals surface area contributed by atoms with Gasteiger partial charge in [0.2, 0.25) is 0 Å². The SMILES string of the molecule is O=C(NCCO)/C(=C/c1ccncc1)c1ccc(OCc2ccc3ccccc3n2)cc1. The molecule has 0 aliphatic rings. The second-order valence-electron chi connectivity index (χ2n) is 7.13. The van der Waals surface area contributed by atoms with Gasteiger partial charge < -0.3 is 15.2 Å². The molecule has 6 heteroatoms. The Morgan fingerprint density at radius 3 is 2.53 bits per heavy atom. The van der Waals surface area contributed by atoms with Crippen molar-refractivity contribution < 1.29 is 14.6 Å². The fourth-order valence-corrected chi connectivity index (χ4v) is 3.25. The van der Waals surface area contributed by atoms with Crippen molar-refractivity contribution in [3.05, 3.63) is 102 Å². The Bertz CT molecular complexity index is 1220. The van der Waals surface area contributed by atoms with Crippen LogP contribution >= 0.6 is 0 Å². The average molecular weight is 425 g/mol. The number of ether oxygens (including phenoxy) is 1. The third-order valence-corrected chi connectivity index (χ3v) is 4.87. The second-order valence-corrected chi connectivity index (χ2v) is 7.13. The van der Waals surface area contributed by atoms with E-state index in [2.05, 4.69) is 15.3 Å². The highest BCUT2D eigenvalue weighted by atomic mass is 16.5. The van der Waals surface area contributed by atoms with Gasteiger partial charge in [0.05, 0.1) is 17.8 Å². The van der Waals surface area contributed by atoms with Crippen LogP contribution in [0.5, 0.6) is 5.75 Å². The molecule has 2 aromatic carbocycles. The summed E-state index contributed by atoms with van der Waals surface area (Å²) in [5, 5.41) is 12.8. The Balaban J connectivity index is 1.50. The molecule has 0 atom stereocenters. The van der Waals surface area contributed by atoms with Crippen LogP contribution in [0.2, 0.25) is 0 Å². The molecule has 0 radical (unpaired) electrons. The van der Waals surface area contributed by atoms with Crippen molar-refractivity contribution in [2.24, 2.45) is 0 Å². The summed E-state index contributed by atoms with van der Waals surface area (Å²) in [7, 11) is 0. The first-order chi connectivity index (χ1) is 15.7. The number of nitrogens with zero attached hydrogens (tertiary/aromatic N) is 2. The molecule has 0 aliphatic heterocycles. The summed E-state index contributed by atoms with van der Waals surface area (Å²) < 4.78 is 5.90. The molecule has 0 unspecified atom stereocenters. The average Bonchev–Trinajstić information content (AvgIpc) is 2.85. The lowest BCUT2D eigenvalue weighted by Gasteiger charge is -2.11. The first kappa shape index (κ1) is 21.2. The number of amides is 1. The molecular formula is C26H23N3O3. The zero-order chi connectivity index (χ0) is 22.2. The van der Waals surface area contributed by atoms with Gasteiger partial charge in [-0.3, -0.25) is 9.78 Å². The van der Waals surface area contributed by atoms with Gasteiger partial charge >= 0.3 is 0 Å². The van der Waals surface area contributed by atoms with E-state index in [-0.39, 0.29) is 19.1 Å². The fraction of sp³-hybridized carbons (Fsp3) is 0.115. The van der Waals surface area contributed by atoms with E-state index in [4.69, 9.17) is 9.84 Å². The number of rotatable bonds is 8. The van der Waals surface area contributed by atoms with Crippen molar-refractivity contribution >= 4 is 28.5 Å². The van der Waals surface area contributed by atoms with Crippen LogP contribution in [0.15, 0.2) is 85.2 Å². The minimum atomic E-state index is -0.259. The molecule has 2 N–H and O–H groups in total. The first-order valence-corrected chi connectivity index (χ1v) is 10.3. The second kappa shape index (κ2) is 10.3. The number of para-hydroxylation sites is 1. The van der Waals surface area contributed by atoms with E-state index in [0.29, 0.717) is 17.9 Å². The number of carbonyl (C=O) groups excluding carboxylic acids is 1. The number of pyridine rings is 2. The summed E-state index contributed by atoms with van der Waals surface area (Å²) in [6.07, 6.45) is 5.14. The van der Waals surface area contributed by atoms with Gasteiger partial charge in [-0.05, 0) is 53.6 Å². The van der Waals surface area contributed by atoms with Gasteiger partial charge in [0, 0.05) is 29.9 Å². The molecule has 0 bridgehead atoms. The topological polar surface area (TPSA) is 84.3 Å². The Hall–Kier alpha value is -4.03. The molecule has 160 valence electrons.